The minimum atomic E-state index is -0.551. The first-order valence-electron chi connectivity index (χ1n) is 13.0. The molecule has 3 aromatic rings. The van der Waals surface area contributed by atoms with Crippen molar-refractivity contribution < 1.29 is 23.8 Å². The number of ether oxygens (including phenoxy) is 2. The molecule has 0 unspecified atom stereocenters. The lowest BCUT2D eigenvalue weighted by Crippen LogP contribution is -2.14. The van der Waals surface area contributed by atoms with Crippen LogP contribution >= 0.6 is 0 Å². The summed E-state index contributed by atoms with van der Waals surface area (Å²) in [5, 5.41) is 19.5. The zero-order valence-corrected chi connectivity index (χ0v) is 21.8. The summed E-state index contributed by atoms with van der Waals surface area (Å²) in [5.74, 6) is 1.08. The van der Waals surface area contributed by atoms with Crippen molar-refractivity contribution in [2.24, 2.45) is 5.92 Å². The van der Waals surface area contributed by atoms with E-state index in [1.54, 1.807) is 18.2 Å². The summed E-state index contributed by atoms with van der Waals surface area (Å²) < 4.78 is 16.9. The summed E-state index contributed by atoms with van der Waals surface area (Å²) in [6.07, 6.45) is 8.43. The number of carbonyl (C=O) groups excluding carboxylic acids is 1. The maximum Gasteiger partial charge on any atom is 0.264 e. The molecule has 9 nitrogen and oxygen atoms in total. The van der Waals surface area contributed by atoms with Crippen LogP contribution in [0.15, 0.2) is 27.4 Å². The van der Waals surface area contributed by atoms with Crippen LogP contribution in [0.5, 0.6) is 17.2 Å². The second-order valence-corrected chi connectivity index (χ2v) is 9.60. The van der Waals surface area contributed by atoms with Crippen molar-refractivity contribution in [2.75, 3.05) is 14.2 Å². The number of ketones is 1. The van der Waals surface area contributed by atoms with Gasteiger partial charge in [-0.3, -0.25) is 9.59 Å². The zero-order valence-electron chi connectivity index (χ0n) is 21.8. The molecule has 9 heteroatoms. The van der Waals surface area contributed by atoms with Gasteiger partial charge in [0.15, 0.2) is 0 Å². The molecule has 1 aliphatic carbocycles. The molecule has 2 heterocycles. The molecule has 0 aliphatic heterocycles. The number of benzene rings is 1. The number of hydrogen-bond donors (Lipinski definition) is 2. The summed E-state index contributed by atoms with van der Waals surface area (Å²) >= 11 is 0. The Morgan fingerprint density at radius 2 is 1.78 bits per heavy atom. The molecule has 0 amide bonds. The number of pyridine rings is 1. The van der Waals surface area contributed by atoms with Crippen LogP contribution in [0.3, 0.4) is 0 Å². The summed E-state index contributed by atoms with van der Waals surface area (Å²) in [5.41, 5.74) is 0.742. The molecule has 1 aliphatic rings. The number of carbonyl (C=O) groups is 1. The Bertz CT molecular complexity index is 1270. The second-order valence-electron chi connectivity index (χ2n) is 9.60. The third kappa shape index (κ3) is 5.87. The Hall–Kier alpha value is -3.62. The highest BCUT2D eigenvalue weighted by molar-refractivity contribution is 5.87. The highest BCUT2D eigenvalue weighted by Crippen LogP contribution is 2.46. The van der Waals surface area contributed by atoms with E-state index in [0.29, 0.717) is 47.1 Å². The Balaban J connectivity index is 1.72. The molecule has 2 N–H and O–H groups in total. The molecule has 2 aromatic heterocycles. The molecule has 0 saturated heterocycles. The van der Waals surface area contributed by atoms with Gasteiger partial charge in [-0.15, -0.1) is 10.2 Å². The number of unbranched alkanes of at least 4 members (excludes halogenated alkanes) is 1. The minimum absolute atomic E-state index is 0.00391. The van der Waals surface area contributed by atoms with Gasteiger partial charge in [-0.2, -0.15) is 0 Å². The topological polar surface area (TPSA) is 128 Å². The zero-order chi connectivity index (χ0) is 26.4. The molecule has 1 aromatic carbocycles. The van der Waals surface area contributed by atoms with Crippen LogP contribution in [0.2, 0.25) is 0 Å². The standard InChI is InChI=1S/C28H35N3O6/c1-4-5-12-19-23(24-20(35-2)13-9-14-21(24)36-3)26(33)25(27(34)29-19)28-31-30-22(37-28)16-18(32)15-17-10-7-6-8-11-17/h9,13-14,17H,4-8,10-12,15-16H2,1-3H3,(H2,29,33,34). The van der Waals surface area contributed by atoms with Gasteiger partial charge in [-0.05, 0) is 30.9 Å². The van der Waals surface area contributed by atoms with Crippen molar-refractivity contribution in [3.8, 4) is 39.8 Å². The smallest absolute Gasteiger partial charge is 0.264 e. The number of aryl methyl sites for hydroxylation is 1. The van der Waals surface area contributed by atoms with Gasteiger partial charge in [0.1, 0.15) is 28.6 Å². The Morgan fingerprint density at radius 1 is 1.08 bits per heavy atom. The van der Waals surface area contributed by atoms with Crippen LogP contribution in [-0.4, -0.2) is 40.3 Å². The fourth-order valence-corrected chi connectivity index (χ4v) is 5.12. The molecule has 198 valence electrons. The average molecular weight is 510 g/mol. The normalized spacial score (nSPS) is 14.0. The number of aromatic amines is 1. The number of H-pyrrole nitrogens is 1. The van der Waals surface area contributed by atoms with Crippen molar-refractivity contribution in [2.45, 2.75) is 71.1 Å². The van der Waals surface area contributed by atoms with Gasteiger partial charge in [-0.1, -0.05) is 51.5 Å². The number of nitrogens with zero attached hydrogens (tertiary/aromatic N) is 2. The van der Waals surface area contributed by atoms with Crippen LogP contribution in [0.25, 0.3) is 22.6 Å². The van der Waals surface area contributed by atoms with E-state index in [9.17, 15) is 14.7 Å². The van der Waals surface area contributed by atoms with Crippen LogP contribution < -0.4 is 15.0 Å². The minimum Gasteiger partial charge on any atom is -0.506 e. The van der Waals surface area contributed by atoms with Crippen molar-refractivity contribution in [3.05, 3.63) is 40.1 Å². The number of aromatic hydroxyl groups is 1. The number of methoxy groups -OCH3 is 2. The monoisotopic (exact) mass is 509 g/mol. The van der Waals surface area contributed by atoms with Crippen LogP contribution in [-0.2, 0) is 17.6 Å². The molecular formula is C28H35N3O6. The SMILES string of the molecule is CCCCc1[nH]c(=O)c(-c2nnc(CC(=O)CC3CCCCC3)o2)c(O)c1-c1c(OC)cccc1OC. The second kappa shape index (κ2) is 12.1. The van der Waals surface area contributed by atoms with E-state index in [4.69, 9.17) is 13.9 Å². The average Bonchev–Trinajstić information content (AvgIpc) is 3.35. The molecule has 1 fully saturated rings. The number of aromatic nitrogens is 3. The molecule has 37 heavy (non-hydrogen) atoms. The molecule has 0 bridgehead atoms. The van der Waals surface area contributed by atoms with Crippen molar-refractivity contribution in [3.63, 3.8) is 0 Å². The number of nitrogens with one attached hydrogen (secondary N) is 1. The summed E-state index contributed by atoms with van der Waals surface area (Å²) in [6.45, 7) is 2.05. The fourth-order valence-electron chi connectivity index (χ4n) is 5.12. The lowest BCUT2D eigenvalue weighted by molar-refractivity contribution is -0.119. The molecule has 0 radical (unpaired) electrons. The molecule has 1 saturated carbocycles. The van der Waals surface area contributed by atoms with E-state index in [-0.39, 0.29) is 35.3 Å². The summed E-state index contributed by atoms with van der Waals surface area (Å²) in [7, 11) is 3.06. The van der Waals surface area contributed by atoms with E-state index in [2.05, 4.69) is 15.2 Å². The van der Waals surface area contributed by atoms with Gasteiger partial charge in [0.2, 0.25) is 5.89 Å². The van der Waals surface area contributed by atoms with E-state index in [1.165, 1.54) is 20.6 Å². The predicted octanol–water partition coefficient (Wildman–Crippen LogP) is 5.24. The van der Waals surface area contributed by atoms with Crippen LogP contribution in [0.1, 0.15) is 69.9 Å². The van der Waals surface area contributed by atoms with Crippen molar-refractivity contribution in [1.82, 2.24) is 15.2 Å². The van der Waals surface area contributed by atoms with E-state index in [1.807, 2.05) is 6.92 Å². The number of Topliss-reactive ketones (excluding diaryl/α,β-unsaturated/α-hetero) is 1. The van der Waals surface area contributed by atoms with Crippen molar-refractivity contribution >= 4 is 5.78 Å². The lowest BCUT2D eigenvalue weighted by atomic mass is 9.85. The largest absolute Gasteiger partial charge is 0.506 e. The van der Waals surface area contributed by atoms with Gasteiger partial charge >= 0.3 is 0 Å². The number of hydrogen-bond acceptors (Lipinski definition) is 8. The van der Waals surface area contributed by atoms with Gasteiger partial charge in [-0.25, -0.2) is 0 Å². The van der Waals surface area contributed by atoms with E-state index < -0.39 is 5.56 Å². The number of rotatable bonds is 11. The van der Waals surface area contributed by atoms with E-state index in [0.717, 1.165) is 38.5 Å². The Morgan fingerprint density at radius 3 is 2.43 bits per heavy atom. The highest BCUT2D eigenvalue weighted by atomic mass is 16.5. The highest BCUT2D eigenvalue weighted by Gasteiger charge is 2.28. The lowest BCUT2D eigenvalue weighted by Gasteiger charge is -2.20. The van der Waals surface area contributed by atoms with Gasteiger partial charge in [0.25, 0.3) is 11.4 Å². The molecule has 4 rings (SSSR count). The van der Waals surface area contributed by atoms with Gasteiger partial charge in [0, 0.05) is 12.1 Å². The first-order valence-corrected chi connectivity index (χ1v) is 13.0. The maximum absolute atomic E-state index is 13.1. The summed E-state index contributed by atoms with van der Waals surface area (Å²) in [4.78, 5) is 28.7. The third-order valence-corrected chi connectivity index (χ3v) is 7.00. The first kappa shape index (κ1) is 26.4. The van der Waals surface area contributed by atoms with Gasteiger partial charge in [0.05, 0.1) is 31.8 Å². The van der Waals surface area contributed by atoms with E-state index >= 15 is 0 Å². The molecule has 0 atom stereocenters. The molecule has 0 spiro atoms. The predicted molar refractivity (Wildman–Crippen MR) is 139 cm³/mol. The van der Waals surface area contributed by atoms with Crippen molar-refractivity contribution in [1.29, 1.82) is 0 Å². The fraction of sp³-hybridized carbons (Fsp3) is 0.500. The van der Waals surface area contributed by atoms with Crippen LogP contribution in [0.4, 0.5) is 0 Å². The molecular weight excluding hydrogens is 474 g/mol. The quantitative estimate of drug-likeness (QED) is 0.359. The maximum atomic E-state index is 13.1. The Kier molecular flexibility index (Phi) is 8.63. The Labute approximate surface area is 216 Å². The summed E-state index contributed by atoms with van der Waals surface area (Å²) in [6, 6.07) is 5.30. The first-order chi connectivity index (χ1) is 18.0. The van der Waals surface area contributed by atoms with Crippen LogP contribution in [0, 0.1) is 5.92 Å². The third-order valence-electron chi connectivity index (χ3n) is 7.00. The van der Waals surface area contributed by atoms with Gasteiger partial charge < -0.3 is 24.0 Å².